The molecule has 0 aliphatic rings. The van der Waals surface area contributed by atoms with E-state index in [1.807, 2.05) is 0 Å². The topological polar surface area (TPSA) is 70.9 Å². The Bertz CT molecular complexity index is 402. The number of hydrogen-bond donors (Lipinski definition) is 2. The number of ether oxygens (including phenoxy) is 1. The number of anilines is 1. The molecule has 0 atom stereocenters. The van der Waals surface area contributed by atoms with E-state index in [1.54, 1.807) is 31.2 Å². The summed E-state index contributed by atoms with van der Waals surface area (Å²) in [6.07, 6.45) is 0. The SMILES string of the molecule is COCC(=O)Nc1ccccc1C(C)=NO. The van der Waals surface area contributed by atoms with Crippen molar-refractivity contribution >= 4 is 17.3 Å². The third kappa shape index (κ3) is 3.06. The van der Waals surface area contributed by atoms with Gasteiger partial charge in [-0.25, -0.2) is 0 Å². The normalized spacial score (nSPS) is 11.2. The second-order valence-electron chi connectivity index (χ2n) is 3.21. The lowest BCUT2D eigenvalue weighted by molar-refractivity contribution is -0.119. The molecule has 0 bridgehead atoms. The quantitative estimate of drug-likeness (QED) is 0.460. The van der Waals surface area contributed by atoms with Crippen LogP contribution in [0, 0.1) is 0 Å². The Morgan fingerprint density at radius 2 is 2.19 bits per heavy atom. The molecule has 0 radical (unpaired) electrons. The number of oxime groups is 1. The van der Waals surface area contributed by atoms with E-state index in [0.717, 1.165) is 0 Å². The molecule has 0 aromatic heterocycles. The Labute approximate surface area is 93.7 Å². The van der Waals surface area contributed by atoms with Crippen LogP contribution in [0.25, 0.3) is 0 Å². The van der Waals surface area contributed by atoms with Gasteiger partial charge in [-0.15, -0.1) is 0 Å². The molecule has 0 fully saturated rings. The van der Waals surface area contributed by atoms with Gasteiger partial charge in [0, 0.05) is 18.4 Å². The van der Waals surface area contributed by atoms with E-state index in [1.165, 1.54) is 7.11 Å². The van der Waals surface area contributed by atoms with E-state index >= 15 is 0 Å². The number of hydrogen-bond acceptors (Lipinski definition) is 4. The lowest BCUT2D eigenvalue weighted by Gasteiger charge is -2.09. The lowest BCUT2D eigenvalue weighted by atomic mass is 10.1. The van der Waals surface area contributed by atoms with Gasteiger partial charge in [0.25, 0.3) is 0 Å². The minimum absolute atomic E-state index is 0.0103. The maximum absolute atomic E-state index is 11.3. The number of nitrogens with one attached hydrogen (secondary N) is 1. The van der Waals surface area contributed by atoms with Crippen molar-refractivity contribution in [2.45, 2.75) is 6.92 Å². The van der Waals surface area contributed by atoms with Crippen LogP contribution in [-0.4, -0.2) is 30.5 Å². The van der Waals surface area contributed by atoms with Crippen molar-refractivity contribution in [2.75, 3.05) is 19.0 Å². The van der Waals surface area contributed by atoms with Crippen molar-refractivity contribution < 1.29 is 14.7 Å². The molecular weight excluding hydrogens is 208 g/mol. The first-order valence-corrected chi connectivity index (χ1v) is 4.76. The van der Waals surface area contributed by atoms with Crippen LogP contribution in [0.1, 0.15) is 12.5 Å². The number of methoxy groups -OCH3 is 1. The molecular formula is C11H14N2O3. The minimum atomic E-state index is -0.249. The number of rotatable bonds is 4. The van der Waals surface area contributed by atoms with Gasteiger partial charge < -0.3 is 15.3 Å². The zero-order valence-electron chi connectivity index (χ0n) is 9.23. The van der Waals surface area contributed by atoms with E-state index in [4.69, 9.17) is 9.94 Å². The molecule has 16 heavy (non-hydrogen) atoms. The lowest BCUT2D eigenvalue weighted by Crippen LogP contribution is -2.18. The highest BCUT2D eigenvalue weighted by Gasteiger charge is 2.08. The van der Waals surface area contributed by atoms with Gasteiger partial charge in [0.1, 0.15) is 6.61 Å². The van der Waals surface area contributed by atoms with Crippen molar-refractivity contribution in [3.63, 3.8) is 0 Å². The molecule has 0 heterocycles. The van der Waals surface area contributed by atoms with E-state index in [0.29, 0.717) is 17.0 Å². The standard InChI is InChI=1S/C11H14N2O3/c1-8(13-15)9-5-3-4-6-10(9)12-11(14)7-16-2/h3-6,15H,7H2,1-2H3,(H,12,14). The summed E-state index contributed by atoms with van der Waals surface area (Å²) >= 11 is 0. The van der Waals surface area contributed by atoms with E-state index in [9.17, 15) is 4.79 Å². The Morgan fingerprint density at radius 1 is 1.50 bits per heavy atom. The highest BCUT2D eigenvalue weighted by Crippen LogP contribution is 2.15. The molecule has 0 saturated carbocycles. The maximum Gasteiger partial charge on any atom is 0.250 e. The largest absolute Gasteiger partial charge is 0.411 e. The van der Waals surface area contributed by atoms with E-state index < -0.39 is 0 Å². The maximum atomic E-state index is 11.3. The van der Waals surface area contributed by atoms with Crippen LogP contribution in [0.4, 0.5) is 5.69 Å². The zero-order chi connectivity index (χ0) is 12.0. The molecule has 0 spiro atoms. The van der Waals surface area contributed by atoms with Crippen molar-refractivity contribution in [3.05, 3.63) is 29.8 Å². The number of carbonyl (C=O) groups is 1. The Hall–Kier alpha value is -1.88. The summed E-state index contributed by atoms with van der Waals surface area (Å²) < 4.78 is 4.71. The molecule has 1 aromatic rings. The molecule has 1 rings (SSSR count). The molecule has 1 aromatic carbocycles. The third-order valence-corrected chi connectivity index (χ3v) is 2.02. The fraction of sp³-hybridized carbons (Fsp3) is 0.273. The van der Waals surface area contributed by atoms with Gasteiger partial charge in [-0.3, -0.25) is 4.79 Å². The molecule has 5 nitrogen and oxygen atoms in total. The smallest absolute Gasteiger partial charge is 0.250 e. The molecule has 2 N–H and O–H groups in total. The summed E-state index contributed by atoms with van der Waals surface area (Å²) in [5, 5.41) is 14.5. The Morgan fingerprint density at radius 3 is 2.81 bits per heavy atom. The van der Waals surface area contributed by atoms with Crippen LogP contribution in [0.15, 0.2) is 29.4 Å². The van der Waals surface area contributed by atoms with Crippen molar-refractivity contribution in [1.29, 1.82) is 0 Å². The van der Waals surface area contributed by atoms with Crippen molar-refractivity contribution in [1.82, 2.24) is 0 Å². The fourth-order valence-corrected chi connectivity index (χ4v) is 1.28. The van der Waals surface area contributed by atoms with Crippen molar-refractivity contribution in [3.8, 4) is 0 Å². The van der Waals surface area contributed by atoms with Gasteiger partial charge in [-0.1, -0.05) is 23.4 Å². The summed E-state index contributed by atoms with van der Waals surface area (Å²) in [5.74, 6) is -0.249. The molecule has 0 aliphatic heterocycles. The zero-order valence-corrected chi connectivity index (χ0v) is 9.23. The second-order valence-corrected chi connectivity index (χ2v) is 3.21. The van der Waals surface area contributed by atoms with Crippen LogP contribution < -0.4 is 5.32 Å². The summed E-state index contributed by atoms with van der Waals surface area (Å²) in [6.45, 7) is 1.64. The fourth-order valence-electron chi connectivity index (χ4n) is 1.28. The predicted molar refractivity (Wildman–Crippen MR) is 60.9 cm³/mol. The molecule has 1 amide bonds. The van der Waals surface area contributed by atoms with E-state index in [2.05, 4.69) is 10.5 Å². The second kappa shape index (κ2) is 5.87. The average molecular weight is 222 g/mol. The third-order valence-electron chi connectivity index (χ3n) is 2.02. The van der Waals surface area contributed by atoms with Gasteiger partial charge in [-0.05, 0) is 13.0 Å². The number of benzene rings is 1. The first kappa shape index (κ1) is 12.2. The Kier molecular flexibility index (Phi) is 4.47. The molecule has 0 aliphatic carbocycles. The number of amides is 1. The number of para-hydroxylation sites is 1. The summed E-state index contributed by atoms with van der Waals surface area (Å²) in [7, 11) is 1.45. The van der Waals surface area contributed by atoms with Crippen LogP contribution in [0.2, 0.25) is 0 Å². The molecule has 86 valence electrons. The van der Waals surface area contributed by atoms with Crippen LogP contribution >= 0.6 is 0 Å². The summed E-state index contributed by atoms with van der Waals surface area (Å²) in [5.41, 5.74) is 1.71. The van der Waals surface area contributed by atoms with Gasteiger partial charge in [0.2, 0.25) is 5.91 Å². The summed E-state index contributed by atoms with van der Waals surface area (Å²) in [6, 6.07) is 7.08. The Balaban J connectivity index is 2.91. The molecule has 5 heteroatoms. The predicted octanol–water partition coefficient (Wildman–Crippen LogP) is 1.47. The van der Waals surface area contributed by atoms with Crippen LogP contribution in [0.3, 0.4) is 0 Å². The first-order chi connectivity index (χ1) is 7.69. The van der Waals surface area contributed by atoms with Crippen molar-refractivity contribution in [2.24, 2.45) is 5.16 Å². The van der Waals surface area contributed by atoms with Gasteiger partial charge in [-0.2, -0.15) is 0 Å². The number of carbonyl (C=O) groups excluding carboxylic acids is 1. The van der Waals surface area contributed by atoms with Crippen LogP contribution in [0.5, 0.6) is 0 Å². The molecule has 0 unspecified atom stereocenters. The van der Waals surface area contributed by atoms with Gasteiger partial charge >= 0.3 is 0 Å². The number of nitrogens with zero attached hydrogens (tertiary/aromatic N) is 1. The van der Waals surface area contributed by atoms with Crippen LogP contribution in [-0.2, 0) is 9.53 Å². The minimum Gasteiger partial charge on any atom is -0.411 e. The molecule has 0 saturated heterocycles. The van der Waals surface area contributed by atoms with Gasteiger partial charge in [0.15, 0.2) is 0 Å². The van der Waals surface area contributed by atoms with E-state index in [-0.39, 0.29) is 12.5 Å². The summed E-state index contributed by atoms with van der Waals surface area (Å²) in [4.78, 5) is 11.3. The first-order valence-electron chi connectivity index (χ1n) is 4.76. The highest BCUT2D eigenvalue weighted by atomic mass is 16.5. The average Bonchev–Trinajstić information content (AvgIpc) is 2.29. The monoisotopic (exact) mass is 222 g/mol. The van der Waals surface area contributed by atoms with Gasteiger partial charge in [0.05, 0.1) is 5.71 Å². The highest BCUT2D eigenvalue weighted by molar-refractivity contribution is 6.06.